The van der Waals surface area contributed by atoms with E-state index in [2.05, 4.69) is 10.1 Å². The number of carbonyl (C=O) groups is 2. The molecule has 8 heteroatoms. The molecule has 1 amide bonds. The molecule has 1 atom stereocenters. The Morgan fingerprint density at radius 3 is 2.55 bits per heavy atom. The summed E-state index contributed by atoms with van der Waals surface area (Å²) in [6.07, 6.45) is -4.89. The molecule has 0 spiro atoms. The van der Waals surface area contributed by atoms with Gasteiger partial charge in [0.25, 0.3) is 0 Å². The van der Waals surface area contributed by atoms with Crippen LogP contribution in [0.1, 0.15) is 10.4 Å². The summed E-state index contributed by atoms with van der Waals surface area (Å²) in [6.45, 7) is 0. The van der Waals surface area contributed by atoms with Gasteiger partial charge in [-0.1, -0.05) is 12.1 Å². The van der Waals surface area contributed by atoms with Crippen molar-refractivity contribution in [3.05, 3.63) is 29.8 Å². The monoisotopic (exact) mass is 286 g/mol. The van der Waals surface area contributed by atoms with Gasteiger partial charge in [0.05, 0.1) is 6.07 Å². The van der Waals surface area contributed by atoms with Gasteiger partial charge in [-0.3, -0.25) is 9.59 Å². The largest absolute Gasteiger partial charge is 0.573 e. The summed E-state index contributed by atoms with van der Waals surface area (Å²) in [6, 6.07) is 5.67. The zero-order chi connectivity index (χ0) is 15.3. The molecule has 1 rings (SSSR count). The van der Waals surface area contributed by atoms with Crippen molar-refractivity contribution in [2.24, 2.45) is 5.92 Å². The Kier molecular flexibility index (Phi) is 4.69. The summed E-state index contributed by atoms with van der Waals surface area (Å²) in [5.74, 6) is -3.96. The van der Waals surface area contributed by atoms with Crippen LogP contribution in [0.15, 0.2) is 24.3 Å². The van der Waals surface area contributed by atoms with Gasteiger partial charge in [0.15, 0.2) is 11.7 Å². The first-order valence-corrected chi connectivity index (χ1v) is 5.29. The van der Waals surface area contributed by atoms with Gasteiger partial charge in [0, 0.05) is 12.6 Å². The van der Waals surface area contributed by atoms with Gasteiger partial charge >= 0.3 is 6.36 Å². The Balaban J connectivity index is 3.03. The lowest BCUT2D eigenvalue weighted by atomic mass is 9.98. The predicted molar refractivity (Wildman–Crippen MR) is 60.6 cm³/mol. The van der Waals surface area contributed by atoms with E-state index in [1.807, 2.05) is 0 Å². The number of carbonyl (C=O) groups excluding carboxylic acids is 2. The minimum Gasteiger partial charge on any atom is -0.406 e. The van der Waals surface area contributed by atoms with Crippen molar-refractivity contribution in [3.8, 4) is 11.8 Å². The highest BCUT2D eigenvalue weighted by Gasteiger charge is 2.32. The van der Waals surface area contributed by atoms with Crippen LogP contribution in [0.5, 0.6) is 5.75 Å². The fourth-order valence-electron chi connectivity index (χ4n) is 1.39. The zero-order valence-corrected chi connectivity index (χ0v) is 10.2. The van der Waals surface area contributed by atoms with Crippen LogP contribution >= 0.6 is 0 Å². The molecule has 1 unspecified atom stereocenters. The highest BCUT2D eigenvalue weighted by atomic mass is 19.4. The van der Waals surface area contributed by atoms with Crippen LogP contribution in [-0.2, 0) is 4.79 Å². The number of ether oxygens (including phenoxy) is 1. The van der Waals surface area contributed by atoms with Gasteiger partial charge in [-0.05, 0) is 12.1 Å². The molecule has 0 aliphatic heterocycles. The van der Waals surface area contributed by atoms with E-state index in [0.29, 0.717) is 0 Å². The highest BCUT2D eigenvalue weighted by Crippen LogP contribution is 2.24. The Morgan fingerprint density at radius 2 is 2.05 bits per heavy atom. The minimum atomic E-state index is -4.89. The third kappa shape index (κ3) is 3.98. The number of nitriles is 1. The van der Waals surface area contributed by atoms with Crippen LogP contribution in [0.25, 0.3) is 0 Å². The van der Waals surface area contributed by atoms with E-state index in [1.165, 1.54) is 19.2 Å². The van der Waals surface area contributed by atoms with Crippen molar-refractivity contribution in [1.29, 1.82) is 5.26 Å². The number of amides is 1. The molecule has 0 fully saturated rings. The standard InChI is InChI=1S/C12H9F3N2O3/c1-17-11(19)9(6-16)10(18)7-3-2-4-8(5-7)20-12(13,14)15/h2-5,9H,1H3,(H,17,19). The summed E-state index contributed by atoms with van der Waals surface area (Å²) in [4.78, 5) is 23.2. The number of hydrogen-bond acceptors (Lipinski definition) is 4. The SMILES string of the molecule is CNC(=O)C(C#N)C(=O)c1cccc(OC(F)(F)F)c1. The molecule has 1 N–H and O–H groups in total. The fraction of sp³-hybridized carbons (Fsp3) is 0.250. The second-order valence-electron chi connectivity index (χ2n) is 3.62. The van der Waals surface area contributed by atoms with E-state index >= 15 is 0 Å². The Morgan fingerprint density at radius 1 is 1.40 bits per heavy atom. The number of rotatable bonds is 4. The van der Waals surface area contributed by atoms with E-state index < -0.39 is 29.7 Å². The van der Waals surface area contributed by atoms with Gasteiger partial charge in [-0.25, -0.2) is 0 Å². The Hall–Kier alpha value is -2.56. The second-order valence-corrected chi connectivity index (χ2v) is 3.62. The van der Waals surface area contributed by atoms with Crippen molar-refractivity contribution in [2.75, 3.05) is 7.05 Å². The van der Waals surface area contributed by atoms with Gasteiger partial charge in [0.1, 0.15) is 5.75 Å². The first-order valence-electron chi connectivity index (χ1n) is 5.29. The van der Waals surface area contributed by atoms with E-state index in [9.17, 15) is 22.8 Å². The van der Waals surface area contributed by atoms with Crippen molar-refractivity contribution in [1.82, 2.24) is 5.32 Å². The normalized spacial score (nSPS) is 12.2. The lowest BCUT2D eigenvalue weighted by molar-refractivity contribution is -0.274. The van der Waals surface area contributed by atoms with Crippen LogP contribution in [0.4, 0.5) is 13.2 Å². The van der Waals surface area contributed by atoms with Gasteiger partial charge < -0.3 is 10.1 Å². The zero-order valence-electron chi connectivity index (χ0n) is 10.2. The second kappa shape index (κ2) is 6.06. The number of benzene rings is 1. The van der Waals surface area contributed by atoms with E-state index in [4.69, 9.17) is 5.26 Å². The molecule has 0 saturated heterocycles. The number of hydrogen-bond donors (Lipinski definition) is 1. The first-order chi connectivity index (χ1) is 9.28. The molecule has 0 aromatic heterocycles. The summed E-state index contributed by atoms with van der Waals surface area (Å²) >= 11 is 0. The van der Waals surface area contributed by atoms with E-state index in [-0.39, 0.29) is 5.56 Å². The van der Waals surface area contributed by atoms with E-state index in [1.54, 1.807) is 0 Å². The molecule has 0 aliphatic rings. The minimum absolute atomic E-state index is 0.220. The Bertz CT molecular complexity index is 564. The van der Waals surface area contributed by atoms with Crippen LogP contribution in [-0.4, -0.2) is 25.1 Å². The van der Waals surface area contributed by atoms with Crippen LogP contribution in [0, 0.1) is 17.2 Å². The van der Waals surface area contributed by atoms with Gasteiger partial charge in [-0.2, -0.15) is 5.26 Å². The highest BCUT2D eigenvalue weighted by molar-refractivity contribution is 6.12. The topological polar surface area (TPSA) is 79.2 Å². The van der Waals surface area contributed by atoms with E-state index in [0.717, 1.165) is 18.2 Å². The first kappa shape index (κ1) is 15.5. The average Bonchev–Trinajstić information content (AvgIpc) is 2.37. The molecule has 20 heavy (non-hydrogen) atoms. The number of alkyl halides is 3. The molecule has 0 aliphatic carbocycles. The van der Waals surface area contributed by atoms with Crippen molar-refractivity contribution >= 4 is 11.7 Å². The number of nitrogens with one attached hydrogen (secondary N) is 1. The van der Waals surface area contributed by atoms with Crippen LogP contribution in [0.3, 0.4) is 0 Å². The third-order valence-corrected chi connectivity index (χ3v) is 2.25. The summed E-state index contributed by atoms with van der Waals surface area (Å²) in [5.41, 5.74) is -0.220. The summed E-state index contributed by atoms with van der Waals surface area (Å²) < 4.78 is 39.8. The maximum Gasteiger partial charge on any atom is 0.573 e. The van der Waals surface area contributed by atoms with Gasteiger partial charge in [-0.15, -0.1) is 13.2 Å². The quantitative estimate of drug-likeness (QED) is 0.674. The number of ketones is 1. The molecular formula is C12H9F3N2O3. The molecule has 1 aromatic rings. The van der Waals surface area contributed by atoms with Crippen molar-refractivity contribution in [2.45, 2.75) is 6.36 Å². The molecule has 106 valence electrons. The molecular weight excluding hydrogens is 277 g/mol. The molecule has 5 nitrogen and oxygen atoms in total. The van der Waals surface area contributed by atoms with Crippen molar-refractivity contribution in [3.63, 3.8) is 0 Å². The maximum atomic E-state index is 12.1. The van der Waals surface area contributed by atoms with Gasteiger partial charge in [0.2, 0.25) is 5.91 Å². The molecule has 0 heterocycles. The predicted octanol–water partition coefficient (Wildman–Crippen LogP) is 1.65. The molecule has 1 aromatic carbocycles. The summed E-state index contributed by atoms with van der Waals surface area (Å²) in [7, 11) is 1.24. The smallest absolute Gasteiger partial charge is 0.406 e. The average molecular weight is 286 g/mol. The van der Waals surface area contributed by atoms with Crippen molar-refractivity contribution < 1.29 is 27.5 Å². The van der Waals surface area contributed by atoms with Crippen LogP contribution < -0.4 is 10.1 Å². The molecule has 0 bridgehead atoms. The lowest BCUT2D eigenvalue weighted by Crippen LogP contribution is -2.32. The number of nitrogens with zero attached hydrogens (tertiary/aromatic N) is 1. The Labute approximate surface area is 111 Å². The third-order valence-electron chi connectivity index (χ3n) is 2.25. The lowest BCUT2D eigenvalue weighted by Gasteiger charge is -2.11. The molecule has 0 radical (unpaired) electrons. The summed E-state index contributed by atoms with van der Waals surface area (Å²) in [5, 5.41) is 10.9. The van der Waals surface area contributed by atoms with Crippen LogP contribution in [0.2, 0.25) is 0 Å². The number of halogens is 3. The fourth-order valence-corrected chi connectivity index (χ4v) is 1.39. The maximum absolute atomic E-state index is 12.1. The number of Topliss-reactive ketones (excluding diaryl/α,β-unsaturated/α-hetero) is 1. The molecule has 0 saturated carbocycles.